The molecule has 8 heteroatoms. The van der Waals surface area contributed by atoms with Crippen molar-refractivity contribution in [1.29, 1.82) is 0 Å². The summed E-state index contributed by atoms with van der Waals surface area (Å²) in [6.45, 7) is 3.85. The fraction of sp³-hybridized carbons (Fsp3) is 0.571. The number of ether oxygens (including phenoxy) is 2. The molecule has 2 N–H and O–H groups in total. The first kappa shape index (κ1) is 24.8. The van der Waals surface area contributed by atoms with Crippen molar-refractivity contribution in [3.05, 3.63) is 35.9 Å². The number of alkyl carbamates (subject to hydrolysis) is 1. The van der Waals surface area contributed by atoms with Crippen molar-refractivity contribution < 1.29 is 23.9 Å². The summed E-state index contributed by atoms with van der Waals surface area (Å²) < 4.78 is 9.81. The minimum Gasteiger partial charge on any atom is -0.463 e. The summed E-state index contributed by atoms with van der Waals surface area (Å²) in [5.74, 6) is -0.162. The molecular formula is C21H32N2O5S. The first-order chi connectivity index (χ1) is 14.0. The first-order valence-electron chi connectivity index (χ1n) is 9.92. The Kier molecular flexibility index (Phi) is 12.6. The second kappa shape index (κ2) is 14.7. The molecule has 0 bridgehead atoms. The predicted octanol–water partition coefficient (Wildman–Crippen LogP) is 2.92. The first-order valence-corrected chi connectivity index (χ1v) is 11.3. The molecular weight excluding hydrogens is 392 g/mol. The maximum Gasteiger partial charge on any atom is 0.408 e. The fourth-order valence-corrected chi connectivity index (χ4v) is 3.05. The molecule has 7 nitrogen and oxygen atoms in total. The minimum absolute atomic E-state index is 0.206. The van der Waals surface area contributed by atoms with Gasteiger partial charge in [0.2, 0.25) is 5.91 Å². The number of hydrogen-bond acceptors (Lipinski definition) is 6. The molecule has 0 aromatic heterocycles. The highest BCUT2D eigenvalue weighted by Crippen LogP contribution is 2.05. The summed E-state index contributed by atoms with van der Waals surface area (Å²) in [5.41, 5.74) is 1.27. The standard InChI is InChI=1S/C21H32N2O5S/c1-4-27-20(25)16(2)28-21(26)23-18(13-15-29-3)19(24)22-14-9-8-12-17-10-6-5-7-11-17/h5-7,10-11,16,18H,4,8-9,12-15H2,1-3H3,(H,22,24)(H,23,26)/t16-,18-/m0/s1. The lowest BCUT2D eigenvalue weighted by Gasteiger charge is -2.19. The number of carbonyl (C=O) groups excluding carboxylic acids is 3. The smallest absolute Gasteiger partial charge is 0.408 e. The summed E-state index contributed by atoms with van der Waals surface area (Å²) in [4.78, 5) is 36.1. The van der Waals surface area contributed by atoms with Gasteiger partial charge >= 0.3 is 12.1 Å². The van der Waals surface area contributed by atoms with Crippen LogP contribution in [0.3, 0.4) is 0 Å². The molecule has 2 amide bonds. The number of benzene rings is 1. The van der Waals surface area contributed by atoms with E-state index in [9.17, 15) is 14.4 Å². The highest BCUT2D eigenvalue weighted by atomic mass is 32.2. The Balaban J connectivity index is 2.39. The van der Waals surface area contributed by atoms with Gasteiger partial charge in [0, 0.05) is 6.54 Å². The molecule has 162 valence electrons. The van der Waals surface area contributed by atoms with E-state index in [1.165, 1.54) is 12.5 Å². The number of thioether (sulfide) groups is 1. The number of aryl methyl sites for hydroxylation is 1. The van der Waals surface area contributed by atoms with Crippen molar-refractivity contribution in [1.82, 2.24) is 10.6 Å². The number of unbranched alkanes of at least 4 members (excludes halogenated alkanes) is 1. The fourth-order valence-electron chi connectivity index (χ4n) is 2.58. The van der Waals surface area contributed by atoms with E-state index >= 15 is 0 Å². The lowest BCUT2D eigenvalue weighted by atomic mass is 10.1. The zero-order chi connectivity index (χ0) is 21.5. The van der Waals surface area contributed by atoms with Crippen LogP contribution in [0.25, 0.3) is 0 Å². The summed E-state index contributed by atoms with van der Waals surface area (Å²) in [6, 6.07) is 9.48. The molecule has 0 heterocycles. The molecule has 0 unspecified atom stereocenters. The number of rotatable bonds is 13. The third kappa shape index (κ3) is 10.8. The quantitative estimate of drug-likeness (QED) is 0.374. The minimum atomic E-state index is -1.03. The molecule has 29 heavy (non-hydrogen) atoms. The molecule has 0 aliphatic rings. The Labute approximate surface area is 177 Å². The van der Waals surface area contributed by atoms with Crippen LogP contribution in [0.2, 0.25) is 0 Å². The van der Waals surface area contributed by atoms with Crippen LogP contribution in [0.15, 0.2) is 30.3 Å². The van der Waals surface area contributed by atoms with E-state index in [1.807, 2.05) is 24.5 Å². The van der Waals surface area contributed by atoms with Crippen LogP contribution in [-0.4, -0.2) is 55.3 Å². The molecule has 0 aliphatic heterocycles. The van der Waals surface area contributed by atoms with E-state index < -0.39 is 24.2 Å². The van der Waals surface area contributed by atoms with Gasteiger partial charge in [0.15, 0.2) is 6.10 Å². The monoisotopic (exact) mass is 424 g/mol. The van der Waals surface area contributed by atoms with E-state index in [4.69, 9.17) is 9.47 Å². The largest absolute Gasteiger partial charge is 0.463 e. The molecule has 1 rings (SSSR count). The lowest BCUT2D eigenvalue weighted by molar-refractivity contribution is -0.152. The van der Waals surface area contributed by atoms with Crippen LogP contribution in [-0.2, 0) is 25.5 Å². The number of nitrogens with one attached hydrogen (secondary N) is 2. The van der Waals surface area contributed by atoms with Gasteiger partial charge in [-0.3, -0.25) is 4.79 Å². The normalized spacial score (nSPS) is 12.5. The molecule has 0 spiro atoms. The zero-order valence-corrected chi connectivity index (χ0v) is 18.3. The summed E-state index contributed by atoms with van der Waals surface area (Å²) >= 11 is 1.58. The maximum absolute atomic E-state index is 12.5. The van der Waals surface area contributed by atoms with Crippen molar-refractivity contribution >= 4 is 29.7 Å². The molecule has 0 saturated heterocycles. The molecule has 1 aromatic carbocycles. The molecule has 0 radical (unpaired) electrons. The van der Waals surface area contributed by atoms with Gasteiger partial charge in [0.25, 0.3) is 0 Å². The van der Waals surface area contributed by atoms with E-state index in [2.05, 4.69) is 22.8 Å². The van der Waals surface area contributed by atoms with Gasteiger partial charge in [-0.05, 0) is 57.1 Å². The zero-order valence-electron chi connectivity index (χ0n) is 17.4. The van der Waals surface area contributed by atoms with Crippen LogP contribution < -0.4 is 10.6 Å². The number of carbonyl (C=O) groups is 3. The Morgan fingerprint density at radius 2 is 1.86 bits per heavy atom. The third-order valence-corrected chi connectivity index (χ3v) is 4.80. The second-order valence-corrected chi connectivity index (χ2v) is 7.50. The van der Waals surface area contributed by atoms with Crippen LogP contribution in [0.1, 0.15) is 38.7 Å². The Morgan fingerprint density at radius 1 is 1.14 bits per heavy atom. The molecule has 2 atom stereocenters. The molecule has 0 aliphatic carbocycles. The topological polar surface area (TPSA) is 93.7 Å². The van der Waals surface area contributed by atoms with Gasteiger partial charge in [-0.15, -0.1) is 0 Å². The maximum atomic E-state index is 12.5. The van der Waals surface area contributed by atoms with Gasteiger partial charge in [-0.25, -0.2) is 9.59 Å². The van der Waals surface area contributed by atoms with E-state index in [1.54, 1.807) is 18.7 Å². The van der Waals surface area contributed by atoms with Crippen LogP contribution in [0, 0.1) is 0 Å². The van der Waals surface area contributed by atoms with Crippen LogP contribution in [0.4, 0.5) is 4.79 Å². The number of amides is 2. The van der Waals surface area contributed by atoms with Crippen molar-refractivity contribution in [2.75, 3.05) is 25.2 Å². The predicted molar refractivity (Wildman–Crippen MR) is 115 cm³/mol. The van der Waals surface area contributed by atoms with Crippen LogP contribution in [0.5, 0.6) is 0 Å². The SMILES string of the molecule is CCOC(=O)[C@H](C)OC(=O)N[C@@H](CCSC)C(=O)NCCCCc1ccccc1. The summed E-state index contributed by atoms with van der Waals surface area (Å²) in [6.07, 6.45) is 3.34. The average molecular weight is 425 g/mol. The van der Waals surface area contributed by atoms with E-state index in [0.717, 1.165) is 19.3 Å². The van der Waals surface area contributed by atoms with Crippen molar-refractivity contribution in [2.45, 2.75) is 51.7 Å². The Bertz CT molecular complexity index is 627. The lowest BCUT2D eigenvalue weighted by Crippen LogP contribution is -2.48. The third-order valence-electron chi connectivity index (χ3n) is 4.16. The van der Waals surface area contributed by atoms with Gasteiger partial charge < -0.3 is 20.1 Å². The Morgan fingerprint density at radius 3 is 2.52 bits per heavy atom. The summed E-state index contributed by atoms with van der Waals surface area (Å²) in [7, 11) is 0. The van der Waals surface area contributed by atoms with Crippen molar-refractivity contribution in [2.24, 2.45) is 0 Å². The molecule has 0 fully saturated rings. The van der Waals surface area contributed by atoms with Crippen molar-refractivity contribution in [3.8, 4) is 0 Å². The Hall–Kier alpha value is -2.22. The second-order valence-electron chi connectivity index (χ2n) is 6.51. The van der Waals surface area contributed by atoms with E-state index in [0.29, 0.717) is 18.7 Å². The van der Waals surface area contributed by atoms with E-state index in [-0.39, 0.29) is 12.5 Å². The van der Waals surface area contributed by atoms with Gasteiger partial charge in [0.05, 0.1) is 6.61 Å². The van der Waals surface area contributed by atoms with Gasteiger partial charge in [-0.2, -0.15) is 11.8 Å². The highest BCUT2D eigenvalue weighted by molar-refractivity contribution is 7.98. The summed E-state index contributed by atoms with van der Waals surface area (Å²) in [5, 5.41) is 5.42. The van der Waals surface area contributed by atoms with Gasteiger partial charge in [-0.1, -0.05) is 30.3 Å². The number of hydrogen-bond donors (Lipinski definition) is 2. The molecule has 1 aromatic rings. The van der Waals surface area contributed by atoms with Gasteiger partial charge in [0.1, 0.15) is 6.04 Å². The molecule has 0 saturated carbocycles. The average Bonchev–Trinajstić information content (AvgIpc) is 2.71. The van der Waals surface area contributed by atoms with Crippen molar-refractivity contribution in [3.63, 3.8) is 0 Å². The highest BCUT2D eigenvalue weighted by Gasteiger charge is 2.24. The van der Waals surface area contributed by atoms with Crippen LogP contribution >= 0.6 is 11.8 Å². The number of esters is 1.